The first-order valence-electron chi connectivity index (χ1n) is 6.63. The van der Waals surface area contributed by atoms with Crippen LogP contribution in [-0.2, 0) is 4.79 Å². The molecule has 2 aliphatic rings. The van der Waals surface area contributed by atoms with Gasteiger partial charge in [-0.05, 0) is 18.7 Å². The molecule has 2 aliphatic heterocycles. The van der Waals surface area contributed by atoms with Crippen molar-refractivity contribution in [3.63, 3.8) is 0 Å². The lowest BCUT2D eigenvalue weighted by molar-refractivity contribution is -0.141. The number of hydrogen-bond donors (Lipinski definition) is 1. The Morgan fingerprint density at radius 2 is 2.11 bits per heavy atom. The molecule has 0 bridgehead atoms. The van der Waals surface area contributed by atoms with E-state index in [2.05, 4.69) is 33.2 Å². The fourth-order valence-electron chi connectivity index (χ4n) is 2.93. The number of carbonyl (C=O) groups is 1. The van der Waals surface area contributed by atoms with Crippen molar-refractivity contribution in [1.29, 1.82) is 0 Å². The summed E-state index contributed by atoms with van der Waals surface area (Å²) >= 11 is 3.54. The number of fused-ring (bicyclic) bond motifs is 1. The highest BCUT2D eigenvalue weighted by atomic mass is 79.9. The van der Waals surface area contributed by atoms with Crippen molar-refractivity contribution in [3.8, 4) is 0 Å². The third kappa shape index (κ3) is 2.42. The van der Waals surface area contributed by atoms with E-state index in [1.165, 1.54) is 0 Å². The predicted octanol–water partition coefficient (Wildman–Crippen LogP) is 1.24. The van der Waals surface area contributed by atoms with Crippen LogP contribution in [0.2, 0.25) is 0 Å². The van der Waals surface area contributed by atoms with Crippen molar-refractivity contribution < 1.29 is 4.79 Å². The quantitative estimate of drug-likeness (QED) is 0.844. The fourth-order valence-corrected chi connectivity index (χ4v) is 3.45. The fraction of sp³-hybridized carbons (Fsp3) is 0.500. The van der Waals surface area contributed by atoms with E-state index in [0.717, 1.165) is 36.2 Å². The van der Waals surface area contributed by atoms with Gasteiger partial charge in [-0.2, -0.15) is 0 Å². The van der Waals surface area contributed by atoms with Crippen LogP contribution in [0.15, 0.2) is 28.7 Å². The predicted molar refractivity (Wildman–Crippen MR) is 77.9 cm³/mol. The lowest BCUT2D eigenvalue weighted by Crippen LogP contribution is -2.63. The van der Waals surface area contributed by atoms with Gasteiger partial charge in [-0.25, -0.2) is 0 Å². The number of amides is 1. The third-order valence-corrected chi connectivity index (χ3v) is 4.71. The zero-order valence-electron chi connectivity index (χ0n) is 11.0. The second-order valence-corrected chi connectivity index (χ2v) is 6.16. The summed E-state index contributed by atoms with van der Waals surface area (Å²) in [7, 11) is 2.11. The zero-order chi connectivity index (χ0) is 13.4. The Morgan fingerprint density at radius 3 is 2.89 bits per heavy atom. The number of rotatable bonds is 1. The minimum atomic E-state index is -0.213. The Hall–Kier alpha value is -0.910. The van der Waals surface area contributed by atoms with Gasteiger partial charge >= 0.3 is 0 Å². The van der Waals surface area contributed by atoms with Crippen molar-refractivity contribution in [2.24, 2.45) is 0 Å². The number of likely N-dealkylation sites (N-methyl/N-ethyl adjacent to an activating group) is 1. The summed E-state index contributed by atoms with van der Waals surface area (Å²) in [5.74, 6) is 0.205. The summed E-state index contributed by atoms with van der Waals surface area (Å²) in [4.78, 5) is 17.0. The second-order valence-electron chi connectivity index (χ2n) is 5.31. The Bertz CT molecular complexity index is 493. The molecule has 19 heavy (non-hydrogen) atoms. The standard InChI is InChI=1S/C14H18BrN3O/c1-17-6-7-18-10(9-17)8-16-13(14(18)19)11-4-2-3-5-12(11)15/h2-5,10,13,16H,6-9H2,1H3. The van der Waals surface area contributed by atoms with Crippen molar-refractivity contribution in [3.05, 3.63) is 34.3 Å². The van der Waals surface area contributed by atoms with E-state index in [1.54, 1.807) is 0 Å². The molecule has 0 aromatic heterocycles. The van der Waals surface area contributed by atoms with E-state index >= 15 is 0 Å². The largest absolute Gasteiger partial charge is 0.334 e. The Morgan fingerprint density at radius 1 is 1.32 bits per heavy atom. The molecule has 0 spiro atoms. The maximum absolute atomic E-state index is 12.6. The van der Waals surface area contributed by atoms with Crippen LogP contribution in [0.3, 0.4) is 0 Å². The molecule has 2 fully saturated rings. The zero-order valence-corrected chi connectivity index (χ0v) is 12.6. The molecule has 2 unspecified atom stereocenters. The molecular formula is C14H18BrN3O. The summed E-state index contributed by atoms with van der Waals surface area (Å²) < 4.78 is 0.994. The van der Waals surface area contributed by atoms with Gasteiger partial charge in [0.2, 0.25) is 5.91 Å². The van der Waals surface area contributed by atoms with Gasteiger partial charge in [-0.1, -0.05) is 34.1 Å². The molecule has 0 aliphatic carbocycles. The molecule has 1 aromatic carbocycles. The van der Waals surface area contributed by atoms with Gasteiger partial charge in [0.1, 0.15) is 6.04 Å². The molecule has 102 valence electrons. The van der Waals surface area contributed by atoms with Crippen LogP contribution in [0, 0.1) is 0 Å². The van der Waals surface area contributed by atoms with Gasteiger partial charge < -0.3 is 15.1 Å². The van der Waals surface area contributed by atoms with Crippen LogP contribution in [0.25, 0.3) is 0 Å². The van der Waals surface area contributed by atoms with E-state index in [0.29, 0.717) is 6.04 Å². The van der Waals surface area contributed by atoms with Crippen molar-refractivity contribution in [2.75, 3.05) is 33.2 Å². The monoisotopic (exact) mass is 323 g/mol. The smallest absolute Gasteiger partial charge is 0.244 e. The number of halogens is 1. The van der Waals surface area contributed by atoms with Gasteiger partial charge in [0.15, 0.2) is 0 Å². The van der Waals surface area contributed by atoms with Gasteiger partial charge in [-0.15, -0.1) is 0 Å². The van der Waals surface area contributed by atoms with E-state index in [1.807, 2.05) is 29.2 Å². The molecule has 4 nitrogen and oxygen atoms in total. The molecule has 2 heterocycles. The van der Waals surface area contributed by atoms with Crippen molar-refractivity contribution >= 4 is 21.8 Å². The molecule has 1 aromatic rings. The SMILES string of the molecule is CN1CCN2C(=O)C(c3ccccc3Br)NCC2C1. The highest BCUT2D eigenvalue weighted by Crippen LogP contribution is 2.28. The summed E-state index contributed by atoms with van der Waals surface area (Å²) in [6.45, 7) is 3.62. The van der Waals surface area contributed by atoms with Crippen LogP contribution < -0.4 is 5.32 Å². The summed E-state index contributed by atoms with van der Waals surface area (Å²) in [6.07, 6.45) is 0. The molecule has 2 atom stereocenters. The van der Waals surface area contributed by atoms with Crippen LogP contribution in [-0.4, -0.2) is 55.0 Å². The van der Waals surface area contributed by atoms with Gasteiger partial charge in [0, 0.05) is 30.7 Å². The molecule has 0 radical (unpaired) electrons. The van der Waals surface area contributed by atoms with Gasteiger partial charge in [0.05, 0.1) is 6.04 Å². The van der Waals surface area contributed by atoms with Crippen molar-refractivity contribution in [2.45, 2.75) is 12.1 Å². The van der Waals surface area contributed by atoms with Crippen LogP contribution in [0.4, 0.5) is 0 Å². The number of nitrogens with one attached hydrogen (secondary N) is 1. The second kappa shape index (κ2) is 5.23. The topological polar surface area (TPSA) is 35.6 Å². The lowest BCUT2D eigenvalue weighted by Gasteiger charge is -2.45. The molecule has 3 rings (SSSR count). The minimum Gasteiger partial charge on any atom is -0.334 e. The van der Waals surface area contributed by atoms with E-state index < -0.39 is 0 Å². The molecular weight excluding hydrogens is 306 g/mol. The lowest BCUT2D eigenvalue weighted by atomic mass is 9.99. The first kappa shape index (κ1) is 13.1. The normalized spacial score (nSPS) is 28.3. The van der Waals surface area contributed by atoms with Gasteiger partial charge in [0.25, 0.3) is 0 Å². The Balaban J connectivity index is 1.83. The summed E-state index contributed by atoms with van der Waals surface area (Å²) in [5, 5.41) is 3.40. The Kier molecular flexibility index (Phi) is 3.60. The van der Waals surface area contributed by atoms with E-state index in [4.69, 9.17) is 0 Å². The number of carbonyl (C=O) groups excluding carboxylic acids is 1. The van der Waals surface area contributed by atoms with E-state index in [9.17, 15) is 4.79 Å². The molecule has 0 saturated carbocycles. The number of piperazine rings is 2. The van der Waals surface area contributed by atoms with Crippen molar-refractivity contribution in [1.82, 2.24) is 15.1 Å². The third-order valence-electron chi connectivity index (χ3n) is 3.99. The van der Waals surface area contributed by atoms with E-state index in [-0.39, 0.29) is 11.9 Å². The van der Waals surface area contributed by atoms with Crippen LogP contribution in [0.5, 0.6) is 0 Å². The molecule has 1 N–H and O–H groups in total. The number of hydrogen-bond acceptors (Lipinski definition) is 3. The highest BCUT2D eigenvalue weighted by Gasteiger charge is 2.38. The average molecular weight is 324 g/mol. The molecule has 2 saturated heterocycles. The molecule has 1 amide bonds. The number of nitrogens with zero attached hydrogens (tertiary/aromatic N) is 2. The highest BCUT2D eigenvalue weighted by molar-refractivity contribution is 9.10. The number of benzene rings is 1. The Labute approximate surface area is 121 Å². The first-order chi connectivity index (χ1) is 9.16. The maximum Gasteiger partial charge on any atom is 0.244 e. The van der Waals surface area contributed by atoms with Gasteiger partial charge in [-0.3, -0.25) is 4.79 Å². The maximum atomic E-state index is 12.6. The molecule has 5 heteroatoms. The average Bonchev–Trinajstić information content (AvgIpc) is 2.40. The minimum absolute atomic E-state index is 0.205. The van der Waals surface area contributed by atoms with Crippen LogP contribution >= 0.6 is 15.9 Å². The summed E-state index contributed by atoms with van der Waals surface area (Å²) in [6, 6.07) is 8.04. The first-order valence-corrected chi connectivity index (χ1v) is 7.43. The summed E-state index contributed by atoms with van der Waals surface area (Å²) in [5.41, 5.74) is 1.03. The van der Waals surface area contributed by atoms with Crippen LogP contribution in [0.1, 0.15) is 11.6 Å².